The van der Waals surface area contributed by atoms with Crippen LogP contribution in [-0.2, 0) is 6.42 Å². The summed E-state index contributed by atoms with van der Waals surface area (Å²) in [4.78, 5) is 9.04. The van der Waals surface area contributed by atoms with Crippen LogP contribution in [0.25, 0.3) is 0 Å². The highest BCUT2D eigenvalue weighted by atomic mass is 32.1. The lowest BCUT2D eigenvalue weighted by atomic mass is 10.1. The molecule has 1 unspecified atom stereocenters. The van der Waals surface area contributed by atoms with E-state index in [4.69, 9.17) is 0 Å². The largest absolute Gasteiger partial charge is 0.357 e. The van der Waals surface area contributed by atoms with E-state index in [1.54, 1.807) is 30.4 Å². The van der Waals surface area contributed by atoms with Crippen LogP contribution in [0.1, 0.15) is 41.7 Å². The summed E-state index contributed by atoms with van der Waals surface area (Å²) in [6.45, 7) is 9.23. The SMILES string of the molecule is CCNC(=NCCc1csc(C)n1)NC(C)c1ccc(C)c(F)c1. The fraction of sp³-hybridized carbons (Fsp3) is 0.444. The number of rotatable bonds is 6. The number of aryl methyl sites for hydroxylation is 2. The minimum Gasteiger partial charge on any atom is -0.357 e. The summed E-state index contributed by atoms with van der Waals surface area (Å²) in [5, 5.41) is 9.70. The third-order valence-electron chi connectivity index (χ3n) is 3.70. The third kappa shape index (κ3) is 5.30. The van der Waals surface area contributed by atoms with Crippen LogP contribution in [0.5, 0.6) is 0 Å². The van der Waals surface area contributed by atoms with Gasteiger partial charge in [0.25, 0.3) is 0 Å². The van der Waals surface area contributed by atoms with Crippen molar-refractivity contribution in [3.8, 4) is 0 Å². The van der Waals surface area contributed by atoms with Gasteiger partial charge in [-0.15, -0.1) is 11.3 Å². The highest BCUT2D eigenvalue weighted by Crippen LogP contribution is 2.16. The number of halogens is 1. The Morgan fingerprint density at radius 1 is 1.38 bits per heavy atom. The number of aromatic nitrogens is 1. The molecule has 0 spiro atoms. The van der Waals surface area contributed by atoms with Gasteiger partial charge in [-0.3, -0.25) is 4.99 Å². The summed E-state index contributed by atoms with van der Waals surface area (Å²) >= 11 is 1.66. The van der Waals surface area contributed by atoms with E-state index in [-0.39, 0.29) is 11.9 Å². The average molecular weight is 348 g/mol. The predicted octanol–water partition coefficient (Wildman–Crippen LogP) is 3.76. The van der Waals surface area contributed by atoms with Crippen molar-refractivity contribution >= 4 is 17.3 Å². The third-order valence-corrected chi connectivity index (χ3v) is 4.52. The quantitative estimate of drug-likeness (QED) is 0.617. The van der Waals surface area contributed by atoms with Crippen LogP contribution in [0.3, 0.4) is 0 Å². The molecule has 1 aromatic carbocycles. The Bertz CT molecular complexity index is 696. The predicted molar refractivity (Wildman–Crippen MR) is 99.2 cm³/mol. The van der Waals surface area contributed by atoms with E-state index >= 15 is 0 Å². The van der Waals surface area contributed by atoms with Gasteiger partial charge < -0.3 is 10.6 Å². The summed E-state index contributed by atoms with van der Waals surface area (Å²) in [7, 11) is 0. The molecule has 24 heavy (non-hydrogen) atoms. The van der Waals surface area contributed by atoms with Crippen LogP contribution >= 0.6 is 11.3 Å². The fourth-order valence-electron chi connectivity index (χ4n) is 2.29. The molecule has 0 saturated heterocycles. The lowest BCUT2D eigenvalue weighted by Crippen LogP contribution is -2.39. The van der Waals surface area contributed by atoms with E-state index in [1.165, 1.54) is 0 Å². The fourth-order valence-corrected chi connectivity index (χ4v) is 2.94. The van der Waals surface area contributed by atoms with Crippen molar-refractivity contribution in [1.29, 1.82) is 0 Å². The Morgan fingerprint density at radius 2 is 2.17 bits per heavy atom. The molecule has 0 amide bonds. The molecule has 0 fully saturated rings. The minimum atomic E-state index is -0.179. The van der Waals surface area contributed by atoms with Gasteiger partial charge in [0.1, 0.15) is 5.82 Å². The maximum absolute atomic E-state index is 13.7. The molecule has 2 rings (SSSR count). The molecule has 2 N–H and O–H groups in total. The van der Waals surface area contributed by atoms with Gasteiger partial charge in [-0.25, -0.2) is 9.37 Å². The number of hydrogen-bond donors (Lipinski definition) is 2. The zero-order valence-electron chi connectivity index (χ0n) is 14.7. The maximum atomic E-state index is 13.7. The van der Waals surface area contributed by atoms with Crippen molar-refractivity contribution in [2.45, 2.75) is 40.2 Å². The van der Waals surface area contributed by atoms with E-state index in [1.807, 2.05) is 26.8 Å². The molecule has 1 atom stereocenters. The highest BCUT2D eigenvalue weighted by molar-refractivity contribution is 7.09. The molecule has 4 nitrogen and oxygen atoms in total. The Kier molecular flexibility index (Phi) is 6.73. The number of aliphatic imine (C=N–C) groups is 1. The first-order chi connectivity index (χ1) is 11.5. The number of nitrogens with zero attached hydrogens (tertiary/aromatic N) is 2. The Labute approximate surface area is 147 Å². The summed E-state index contributed by atoms with van der Waals surface area (Å²) in [5.74, 6) is 0.555. The first-order valence-corrected chi connectivity index (χ1v) is 9.09. The Morgan fingerprint density at radius 3 is 2.79 bits per heavy atom. The van der Waals surface area contributed by atoms with Crippen LogP contribution < -0.4 is 10.6 Å². The monoisotopic (exact) mass is 348 g/mol. The van der Waals surface area contributed by atoms with Gasteiger partial charge in [0, 0.05) is 24.9 Å². The molecule has 0 aliphatic heterocycles. The second kappa shape index (κ2) is 8.78. The van der Waals surface area contributed by atoms with Gasteiger partial charge in [0.05, 0.1) is 16.7 Å². The van der Waals surface area contributed by atoms with E-state index in [2.05, 4.69) is 26.0 Å². The van der Waals surface area contributed by atoms with E-state index < -0.39 is 0 Å². The topological polar surface area (TPSA) is 49.3 Å². The number of guanidine groups is 1. The highest BCUT2D eigenvalue weighted by Gasteiger charge is 2.09. The van der Waals surface area contributed by atoms with Crippen molar-refractivity contribution in [3.05, 3.63) is 51.2 Å². The van der Waals surface area contributed by atoms with E-state index in [0.717, 1.165) is 35.2 Å². The minimum absolute atomic E-state index is 0.0283. The second-order valence-corrected chi connectivity index (χ2v) is 6.81. The molecule has 0 aliphatic carbocycles. The molecule has 0 radical (unpaired) electrons. The molecule has 0 bridgehead atoms. The molecule has 0 aliphatic rings. The first kappa shape index (κ1) is 18.4. The van der Waals surface area contributed by atoms with Crippen molar-refractivity contribution in [2.24, 2.45) is 4.99 Å². The number of benzene rings is 1. The lowest BCUT2D eigenvalue weighted by Gasteiger charge is -2.18. The molecule has 1 aromatic heterocycles. The number of nitrogens with one attached hydrogen (secondary N) is 2. The Hall–Kier alpha value is -1.95. The number of thiazole rings is 1. The summed E-state index contributed by atoms with van der Waals surface area (Å²) in [5.41, 5.74) is 2.63. The lowest BCUT2D eigenvalue weighted by molar-refractivity contribution is 0.607. The van der Waals surface area contributed by atoms with Gasteiger partial charge in [-0.2, -0.15) is 0 Å². The van der Waals surface area contributed by atoms with Crippen LogP contribution in [-0.4, -0.2) is 24.0 Å². The molecular formula is C18H25FN4S. The molecule has 2 aromatic rings. The van der Waals surface area contributed by atoms with E-state index in [9.17, 15) is 4.39 Å². The smallest absolute Gasteiger partial charge is 0.191 e. The molecule has 1 heterocycles. The molecule has 6 heteroatoms. The van der Waals surface area contributed by atoms with E-state index in [0.29, 0.717) is 12.1 Å². The van der Waals surface area contributed by atoms with Crippen LogP contribution in [0.15, 0.2) is 28.6 Å². The van der Waals surface area contributed by atoms with Gasteiger partial charge in [-0.1, -0.05) is 12.1 Å². The average Bonchev–Trinajstić information content (AvgIpc) is 2.95. The van der Waals surface area contributed by atoms with Crippen molar-refractivity contribution in [1.82, 2.24) is 15.6 Å². The summed E-state index contributed by atoms with van der Waals surface area (Å²) < 4.78 is 13.7. The van der Waals surface area contributed by atoms with Crippen molar-refractivity contribution in [3.63, 3.8) is 0 Å². The van der Waals surface area contributed by atoms with Gasteiger partial charge in [0.15, 0.2) is 5.96 Å². The Balaban J connectivity index is 1.98. The van der Waals surface area contributed by atoms with Crippen molar-refractivity contribution in [2.75, 3.05) is 13.1 Å². The van der Waals surface area contributed by atoms with Gasteiger partial charge in [0.2, 0.25) is 0 Å². The molecular weight excluding hydrogens is 323 g/mol. The zero-order valence-corrected chi connectivity index (χ0v) is 15.5. The normalized spacial score (nSPS) is 13.0. The molecule has 0 saturated carbocycles. The van der Waals surface area contributed by atoms with Gasteiger partial charge >= 0.3 is 0 Å². The standard InChI is InChI=1S/C18H25FN4S/c1-5-20-18(21-9-8-16-11-24-14(4)23-16)22-13(3)15-7-6-12(2)17(19)10-15/h6-7,10-11,13H,5,8-9H2,1-4H3,(H2,20,21,22). The number of hydrogen-bond acceptors (Lipinski definition) is 3. The van der Waals surface area contributed by atoms with Crippen LogP contribution in [0.2, 0.25) is 0 Å². The summed E-state index contributed by atoms with van der Waals surface area (Å²) in [6, 6.07) is 5.29. The van der Waals surface area contributed by atoms with Crippen LogP contribution in [0.4, 0.5) is 4.39 Å². The van der Waals surface area contributed by atoms with Crippen molar-refractivity contribution < 1.29 is 4.39 Å². The van der Waals surface area contributed by atoms with Crippen LogP contribution in [0, 0.1) is 19.7 Å². The first-order valence-electron chi connectivity index (χ1n) is 8.21. The zero-order chi connectivity index (χ0) is 17.5. The molecule has 130 valence electrons. The van der Waals surface area contributed by atoms with Gasteiger partial charge in [-0.05, 0) is 44.9 Å². The maximum Gasteiger partial charge on any atom is 0.191 e. The second-order valence-electron chi connectivity index (χ2n) is 5.74. The summed E-state index contributed by atoms with van der Waals surface area (Å²) in [6.07, 6.45) is 0.814.